The van der Waals surface area contributed by atoms with Crippen LogP contribution in [0.15, 0.2) is 6.33 Å². The number of amides is 2. The van der Waals surface area contributed by atoms with Crippen LogP contribution >= 0.6 is 0 Å². The first kappa shape index (κ1) is 18.4. The van der Waals surface area contributed by atoms with Crippen molar-refractivity contribution in [2.24, 2.45) is 11.8 Å². The summed E-state index contributed by atoms with van der Waals surface area (Å²) >= 11 is 0. The molecule has 134 valence electrons. The SMILES string of the molecule is COCCNC(=O)C1CCc2c(C(=O)NCCC(C)C)ncn2C1. The summed E-state index contributed by atoms with van der Waals surface area (Å²) in [4.78, 5) is 28.7. The van der Waals surface area contributed by atoms with Crippen LogP contribution in [-0.4, -0.2) is 48.2 Å². The lowest BCUT2D eigenvalue weighted by Gasteiger charge is -2.24. The molecule has 1 atom stereocenters. The summed E-state index contributed by atoms with van der Waals surface area (Å²) in [5.74, 6) is 0.390. The first-order valence-electron chi connectivity index (χ1n) is 8.61. The lowest BCUT2D eigenvalue weighted by molar-refractivity contribution is -0.126. The van der Waals surface area contributed by atoms with Crippen LogP contribution < -0.4 is 10.6 Å². The molecule has 0 bridgehead atoms. The van der Waals surface area contributed by atoms with Crippen molar-refractivity contribution in [3.05, 3.63) is 17.7 Å². The molecule has 0 spiro atoms. The minimum Gasteiger partial charge on any atom is -0.383 e. The summed E-state index contributed by atoms with van der Waals surface area (Å²) in [6.45, 7) is 6.51. The number of ether oxygens (including phenoxy) is 1. The zero-order chi connectivity index (χ0) is 17.5. The van der Waals surface area contributed by atoms with Gasteiger partial charge in [-0.1, -0.05) is 13.8 Å². The first-order valence-corrected chi connectivity index (χ1v) is 8.61. The van der Waals surface area contributed by atoms with Crippen molar-refractivity contribution in [3.8, 4) is 0 Å². The summed E-state index contributed by atoms with van der Waals surface area (Å²) in [5, 5.41) is 5.80. The highest BCUT2D eigenvalue weighted by molar-refractivity contribution is 5.93. The minimum atomic E-state index is -0.118. The third-order valence-electron chi connectivity index (χ3n) is 4.29. The Morgan fingerprint density at radius 1 is 1.38 bits per heavy atom. The third-order valence-corrected chi connectivity index (χ3v) is 4.29. The molecular weight excluding hydrogens is 308 g/mol. The van der Waals surface area contributed by atoms with Gasteiger partial charge in [-0.25, -0.2) is 4.98 Å². The fourth-order valence-electron chi connectivity index (χ4n) is 2.85. The summed E-state index contributed by atoms with van der Waals surface area (Å²) < 4.78 is 6.87. The Balaban J connectivity index is 1.91. The van der Waals surface area contributed by atoms with Crippen LogP contribution in [0.3, 0.4) is 0 Å². The van der Waals surface area contributed by atoms with Gasteiger partial charge in [-0.15, -0.1) is 0 Å². The minimum absolute atomic E-state index is 0.0364. The van der Waals surface area contributed by atoms with Gasteiger partial charge in [-0.2, -0.15) is 0 Å². The van der Waals surface area contributed by atoms with Crippen LogP contribution in [0.4, 0.5) is 0 Å². The van der Waals surface area contributed by atoms with Crippen molar-refractivity contribution in [2.45, 2.75) is 39.7 Å². The Morgan fingerprint density at radius 2 is 2.17 bits per heavy atom. The van der Waals surface area contributed by atoms with E-state index in [1.54, 1.807) is 13.4 Å². The molecule has 1 aliphatic rings. The Kier molecular flexibility index (Phi) is 6.78. The van der Waals surface area contributed by atoms with Crippen LogP contribution in [0, 0.1) is 11.8 Å². The number of methoxy groups -OCH3 is 1. The van der Waals surface area contributed by atoms with Gasteiger partial charge in [0.15, 0.2) is 0 Å². The van der Waals surface area contributed by atoms with E-state index in [9.17, 15) is 9.59 Å². The molecule has 0 saturated carbocycles. The first-order chi connectivity index (χ1) is 11.5. The van der Waals surface area contributed by atoms with Crippen molar-refractivity contribution in [2.75, 3.05) is 26.8 Å². The van der Waals surface area contributed by atoms with Crippen LogP contribution in [0.5, 0.6) is 0 Å². The van der Waals surface area contributed by atoms with E-state index in [2.05, 4.69) is 29.5 Å². The Hall–Kier alpha value is -1.89. The van der Waals surface area contributed by atoms with Crippen LogP contribution in [0.1, 0.15) is 42.9 Å². The molecule has 0 radical (unpaired) electrons. The molecule has 2 rings (SSSR count). The number of carbonyl (C=O) groups is 2. The number of nitrogens with zero attached hydrogens (tertiary/aromatic N) is 2. The molecule has 7 heteroatoms. The second kappa shape index (κ2) is 8.82. The maximum Gasteiger partial charge on any atom is 0.271 e. The summed E-state index contributed by atoms with van der Waals surface area (Å²) in [6, 6.07) is 0. The highest BCUT2D eigenvalue weighted by atomic mass is 16.5. The smallest absolute Gasteiger partial charge is 0.271 e. The molecule has 0 aromatic carbocycles. The van der Waals surface area contributed by atoms with E-state index in [0.717, 1.165) is 18.5 Å². The predicted molar refractivity (Wildman–Crippen MR) is 90.7 cm³/mol. The maximum absolute atomic E-state index is 12.3. The molecule has 2 heterocycles. The molecule has 1 aromatic rings. The van der Waals surface area contributed by atoms with Gasteiger partial charge in [-0.3, -0.25) is 9.59 Å². The average molecular weight is 336 g/mol. The van der Waals surface area contributed by atoms with Gasteiger partial charge < -0.3 is 19.9 Å². The van der Waals surface area contributed by atoms with Crippen molar-refractivity contribution < 1.29 is 14.3 Å². The zero-order valence-electron chi connectivity index (χ0n) is 14.8. The van der Waals surface area contributed by atoms with E-state index in [0.29, 0.717) is 44.3 Å². The second-order valence-electron chi connectivity index (χ2n) is 6.65. The van der Waals surface area contributed by atoms with Gasteiger partial charge >= 0.3 is 0 Å². The third kappa shape index (κ3) is 4.80. The van der Waals surface area contributed by atoms with E-state index < -0.39 is 0 Å². The molecule has 2 amide bonds. The Labute approximate surface area is 143 Å². The van der Waals surface area contributed by atoms with Gasteiger partial charge in [0, 0.05) is 26.7 Å². The highest BCUT2D eigenvalue weighted by Crippen LogP contribution is 2.22. The number of hydrogen-bond acceptors (Lipinski definition) is 4. The largest absolute Gasteiger partial charge is 0.383 e. The average Bonchev–Trinajstić information content (AvgIpc) is 2.97. The van der Waals surface area contributed by atoms with Crippen LogP contribution in [0.25, 0.3) is 0 Å². The van der Waals surface area contributed by atoms with Crippen molar-refractivity contribution in [3.63, 3.8) is 0 Å². The fourth-order valence-corrected chi connectivity index (χ4v) is 2.85. The summed E-state index contributed by atoms with van der Waals surface area (Å²) in [5.41, 5.74) is 1.43. The molecule has 1 aromatic heterocycles. The van der Waals surface area contributed by atoms with Crippen molar-refractivity contribution in [1.82, 2.24) is 20.2 Å². The predicted octanol–water partition coefficient (Wildman–Crippen LogP) is 0.984. The van der Waals surface area contributed by atoms with E-state index in [1.807, 2.05) is 4.57 Å². The molecule has 7 nitrogen and oxygen atoms in total. The lowest BCUT2D eigenvalue weighted by Crippen LogP contribution is -2.37. The topological polar surface area (TPSA) is 85.2 Å². The maximum atomic E-state index is 12.3. The van der Waals surface area contributed by atoms with Gasteiger partial charge in [0.2, 0.25) is 5.91 Å². The van der Waals surface area contributed by atoms with Gasteiger partial charge in [-0.05, 0) is 25.2 Å². The van der Waals surface area contributed by atoms with Crippen molar-refractivity contribution >= 4 is 11.8 Å². The number of aromatic nitrogens is 2. The monoisotopic (exact) mass is 336 g/mol. The van der Waals surface area contributed by atoms with Gasteiger partial charge in [0.25, 0.3) is 5.91 Å². The quantitative estimate of drug-likeness (QED) is 0.693. The molecule has 1 aliphatic heterocycles. The molecule has 1 unspecified atom stereocenters. The lowest BCUT2D eigenvalue weighted by atomic mass is 9.96. The number of carbonyl (C=O) groups excluding carboxylic acids is 2. The zero-order valence-corrected chi connectivity index (χ0v) is 14.8. The van der Waals surface area contributed by atoms with Crippen LogP contribution in [0.2, 0.25) is 0 Å². The number of fused-ring (bicyclic) bond motifs is 1. The van der Waals surface area contributed by atoms with Gasteiger partial charge in [0.05, 0.1) is 24.5 Å². The number of nitrogens with one attached hydrogen (secondary N) is 2. The summed E-state index contributed by atoms with van der Waals surface area (Å²) in [7, 11) is 1.61. The van der Waals surface area contributed by atoms with E-state index in [4.69, 9.17) is 4.74 Å². The second-order valence-corrected chi connectivity index (χ2v) is 6.65. The van der Waals surface area contributed by atoms with Gasteiger partial charge in [0.1, 0.15) is 5.69 Å². The standard InChI is InChI=1S/C17H28N4O3/c1-12(2)6-7-18-17(23)15-14-5-4-13(10-21(14)11-20-15)16(22)19-8-9-24-3/h11-13H,4-10H2,1-3H3,(H,18,23)(H,19,22). The fraction of sp³-hybridized carbons (Fsp3) is 0.706. The Bertz CT molecular complexity index is 568. The number of rotatable bonds is 8. The van der Waals surface area contributed by atoms with Crippen molar-refractivity contribution in [1.29, 1.82) is 0 Å². The molecule has 2 N–H and O–H groups in total. The number of imidazole rings is 1. The molecule has 24 heavy (non-hydrogen) atoms. The van der Waals surface area contributed by atoms with E-state index in [1.165, 1.54) is 0 Å². The normalized spacial score (nSPS) is 16.8. The molecule has 0 saturated heterocycles. The van der Waals surface area contributed by atoms with Crippen LogP contribution in [-0.2, 0) is 22.5 Å². The Morgan fingerprint density at radius 3 is 2.88 bits per heavy atom. The summed E-state index contributed by atoms with van der Waals surface area (Å²) in [6.07, 6.45) is 4.04. The van der Waals surface area contributed by atoms with E-state index in [-0.39, 0.29) is 17.7 Å². The number of hydrogen-bond donors (Lipinski definition) is 2. The van der Waals surface area contributed by atoms with E-state index >= 15 is 0 Å². The molecule has 0 fully saturated rings. The molecule has 0 aliphatic carbocycles. The highest BCUT2D eigenvalue weighted by Gasteiger charge is 2.28. The molecular formula is C17H28N4O3.